The van der Waals surface area contributed by atoms with Crippen LogP contribution in [-0.4, -0.2) is 37.0 Å². The maximum absolute atomic E-state index is 12.6. The lowest BCUT2D eigenvalue weighted by molar-refractivity contribution is 0.0762. The Hall–Kier alpha value is -0.480. The summed E-state index contributed by atoms with van der Waals surface area (Å²) < 4.78 is 0. The molecule has 1 spiro atoms. The van der Waals surface area contributed by atoms with Crippen molar-refractivity contribution in [1.29, 1.82) is 0 Å². The predicted molar refractivity (Wildman–Crippen MR) is 88.8 cm³/mol. The van der Waals surface area contributed by atoms with Gasteiger partial charge < -0.3 is 10.2 Å². The van der Waals surface area contributed by atoms with Crippen LogP contribution in [0.25, 0.3) is 0 Å². The minimum Gasteiger partial charge on any atom is -0.338 e. The molecular formula is C15H19Cl3N2O. The van der Waals surface area contributed by atoms with Gasteiger partial charge in [-0.05, 0) is 56.0 Å². The van der Waals surface area contributed by atoms with Crippen LogP contribution in [-0.2, 0) is 0 Å². The number of carbonyl (C=O) groups excluding carboxylic acids is 1. The third kappa shape index (κ3) is 3.48. The van der Waals surface area contributed by atoms with Crippen molar-refractivity contribution in [3.63, 3.8) is 0 Å². The molecule has 21 heavy (non-hydrogen) atoms. The van der Waals surface area contributed by atoms with E-state index in [1.807, 2.05) is 4.90 Å². The van der Waals surface area contributed by atoms with Crippen molar-refractivity contribution in [1.82, 2.24) is 10.2 Å². The van der Waals surface area contributed by atoms with Crippen LogP contribution in [0, 0.1) is 5.41 Å². The summed E-state index contributed by atoms with van der Waals surface area (Å²) in [6.07, 6.45) is 3.42. The number of likely N-dealkylation sites (tertiary alicyclic amines) is 1. The van der Waals surface area contributed by atoms with Crippen LogP contribution in [0.4, 0.5) is 0 Å². The monoisotopic (exact) mass is 348 g/mol. The summed E-state index contributed by atoms with van der Waals surface area (Å²) in [4.78, 5) is 14.5. The molecule has 3 rings (SSSR count). The van der Waals surface area contributed by atoms with Crippen molar-refractivity contribution in [3.8, 4) is 0 Å². The molecule has 0 saturated carbocycles. The highest BCUT2D eigenvalue weighted by Crippen LogP contribution is 2.39. The summed E-state index contributed by atoms with van der Waals surface area (Å²) in [7, 11) is 0. The normalized spacial score (nSPS) is 20.4. The lowest BCUT2D eigenvalue weighted by Gasteiger charge is -2.33. The number of carbonyl (C=O) groups is 1. The van der Waals surface area contributed by atoms with Crippen LogP contribution in [0.3, 0.4) is 0 Å². The zero-order chi connectivity index (χ0) is 14.2. The van der Waals surface area contributed by atoms with Crippen molar-refractivity contribution < 1.29 is 4.79 Å². The summed E-state index contributed by atoms with van der Waals surface area (Å²) in [5.41, 5.74) is 0.877. The van der Waals surface area contributed by atoms with Crippen molar-refractivity contribution >= 4 is 41.5 Å². The van der Waals surface area contributed by atoms with Gasteiger partial charge in [-0.2, -0.15) is 0 Å². The largest absolute Gasteiger partial charge is 0.338 e. The van der Waals surface area contributed by atoms with Crippen molar-refractivity contribution in [3.05, 3.63) is 33.8 Å². The van der Waals surface area contributed by atoms with Crippen molar-refractivity contribution in [2.45, 2.75) is 19.3 Å². The van der Waals surface area contributed by atoms with Crippen LogP contribution < -0.4 is 5.32 Å². The average molecular weight is 350 g/mol. The van der Waals surface area contributed by atoms with E-state index in [2.05, 4.69) is 5.32 Å². The Morgan fingerprint density at radius 2 is 1.90 bits per heavy atom. The molecule has 2 fully saturated rings. The van der Waals surface area contributed by atoms with Crippen LogP contribution >= 0.6 is 35.6 Å². The third-order valence-corrected chi connectivity index (χ3v) is 5.10. The van der Waals surface area contributed by atoms with Crippen molar-refractivity contribution in [2.24, 2.45) is 5.41 Å². The first-order valence-electron chi connectivity index (χ1n) is 7.05. The molecule has 2 aliphatic rings. The highest BCUT2D eigenvalue weighted by Gasteiger charge is 2.40. The Kier molecular flexibility index (Phi) is 5.42. The van der Waals surface area contributed by atoms with Gasteiger partial charge in [-0.15, -0.1) is 12.4 Å². The lowest BCUT2D eigenvalue weighted by Crippen LogP contribution is -2.39. The third-order valence-electron chi connectivity index (χ3n) is 4.55. The minimum atomic E-state index is 0. The zero-order valence-corrected chi connectivity index (χ0v) is 14.0. The molecule has 0 atom stereocenters. The molecule has 1 amide bonds. The van der Waals surface area contributed by atoms with E-state index in [0.717, 1.165) is 45.4 Å². The van der Waals surface area contributed by atoms with E-state index in [4.69, 9.17) is 23.2 Å². The second-order valence-electron chi connectivity index (χ2n) is 5.85. The first-order chi connectivity index (χ1) is 9.60. The number of nitrogens with one attached hydrogen (secondary N) is 1. The lowest BCUT2D eigenvalue weighted by atomic mass is 9.78. The van der Waals surface area contributed by atoms with Gasteiger partial charge in [-0.25, -0.2) is 0 Å². The second-order valence-corrected chi connectivity index (χ2v) is 6.69. The van der Waals surface area contributed by atoms with E-state index < -0.39 is 0 Å². The Balaban J connectivity index is 0.00000161. The topological polar surface area (TPSA) is 32.3 Å². The summed E-state index contributed by atoms with van der Waals surface area (Å²) in [6.45, 7) is 3.80. The number of rotatable bonds is 1. The number of benzene rings is 1. The Morgan fingerprint density at radius 1 is 1.19 bits per heavy atom. The first kappa shape index (κ1) is 16.9. The van der Waals surface area contributed by atoms with Gasteiger partial charge in [0.1, 0.15) is 0 Å². The average Bonchev–Trinajstić information content (AvgIpc) is 2.83. The molecule has 2 aliphatic heterocycles. The number of hydrogen-bond donors (Lipinski definition) is 1. The number of amides is 1. The van der Waals surface area contributed by atoms with Crippen LogP contribution in [0.2, 0.25) is 10.0 Å². The highest BCUT2D eigenvalue weighted by atomic mass is 35.5. The van der Waals surface area contributed by atoms with Gasteiger partial charge in [0.15, 0.2) is 0 Å². The highest BCUT2D eigenvalue weighted by molar-refractivity contribution is 6.36. The van der Waals surface area contributed by atoms with Gasteiger partial charge in [0.05, 0.1) is 10.6 Å². The summed E-state index contributed by atoms with van der Waals surface area (Å²) in [6, 6.07) is 5.07. The molecule has 0 aromatic heterocycles. The first-order valence-corrected chi connectivity index (χ1v) is 7.80. The Morgan fingerprint density at radius 3 is 2.57 bits per heavy atom. The maximum atomic E-state index is 12.6. The fourth-order valence-corrected chi connectivity index (χ4v) is 3.80. The molecule has 3 nitrogen and oxygen atoms in total. The van der Waals surface area contributed by atoms with E-state index >= 15 is 0 Å². The number of nitrogens with zero attached hydrogens (tertiary/aromatic N) is 1. The van der Waals surface area contributed by atoms with E-state index in [-0.39, 0.29) is 18.3 Å². The molecule has 0 bridgehead atoms. The maximum Gasteiger partial charge on any atom is 0.255 e. The molecule has 0 radical (unpaired) electrons. The molecule has 0 aliphatic carbocycles. The quantitative estimate of drug-likeness (QED) is 0.839. The zero-order valence-electron chi connectivity index (χ0n) is 11.7. The van der Waals surface area contributed by atoms with Gasteiger partial charge >= 0.3 is 0 Å². The van der Waals surface area contributed by atoms with Crippen LogP contribution in [0.1, 0.15) is 29.6 Å². The number of hydrogen-bond acceptors (Lipinski definition) is 2. The summed E-state index contributed by atoms with van der Waals surface area (Å²) >= 11 is 12.0. The molecule has 2 heterocycles. The van der Waals surface area contributed by atoms with E-state index in [0.29, 0.717) is 21.0 Å². The summed E-state index contributed by atoms with van der Waals surface area (Å²) in [5.74, 6) is 0.0297. The molecule has 1 aromatic rings. The fourth-order valence-electron chi connectivity index (χ4n) is 3.31. The Labute approximate surface area is 141 Å². The number of halogens is 3. The summed E-state index contributed by atoms with van der Waals surface area (Å²) in [5, 5.41) is 4.38. The van der Waals surface area contributed by atoms with Gasteiger partial charge in [-0.3, -0.25) is 4.79 Å². The molecule has 2 saturated heterocycles. The molecule has 1 N–H and O–H groups in total. The van der Waals surface area contributed by atoms with E-state index in [9.17, 15) is 4.79 Å². The SMILES string of the molecule is Cl.O=C(c1ccc(Cl)cc1Cl)N1CCC2(CCNCC2)C1. The van der Waals surface area contributed by atoms with Gasteiger partial charge in [0, 0.05) is 18.1 Å². The van der Waals surface area contributed by atoms with E-state index in [1.54, 1.807) is 18.2 Å². The second kappa shape index (κ2) is 6.74. The van der Waals surface area contributed by atoms with Crippen LogP contribution in [0.15, 0.2) is 18.2 Å². The van der Waals surface area contributed by atoms with Crippen molar-refractivity contribution in [2.75, 3.05) is 26.2 Å². The fraction of sp³-hybridized carbons (Fsp3) is 0.533. The predicted octanol–water partition coefficient (Wildman–Crippen LogP) is 3.63. The standard InChI is InChI=1S/C15H18Cl2N2O.ClH/c16-11-1-2-12(13(17)9-11)14(20)19-8-5-15(10-19)3-6-18-7-4-15;/h1-2,9,18H,3-8,10H2;1H. The minimum absolute atomic E-state index is 0. The molecular weight excluding hydrogens is 331 g/mol. The number of piperidine rings is 1. The van der Waals surface area contributed by atoms with E-state index in [1.165, 1.54) is 0 Å². The molecule has 116 valence electrons. The van der Waals surface area contributed by atoms with Gasteiger partial charge in [0.2, 0.25) is 0 Å². The molecule has 1 aromatic carbocycles. The smallest absolute Gasteiger partial charge is 0.255 e. The van der Waals surface area contributed by atoms with Gasteiger partial charge in [0.25, 0.3) is 5.91 Å². The van der Waals surface area contributed by atoms with Crippen LogP contribution in [0.5, 0.6) is 0 Å². The van der Waals surface area contributed by atoms with Gasteiger partial charge in [-0.1, -0.05) is 23.2 Å². The molecule has 6 heteroatoms. The Bertz CT molecular complexity index is 530. The molecule has 0 unspecified atom stereocenters.